The van der Waals surface area contributed by atoms with E-state index < -0.39 is 203 Å². The molecule has 2 saturated carbocycles. The van der Waals surface area contributed by atoms with Crippen molar-refractivity contribution in [3.05, 3.63) is 93.0 Å². The molecule has 17 nitrogen and oxygen atoms in total. The highest BCUT2D eigenvalue weighted by Gasteiger charge is 2.68. The molecule has 0 unspecified atom stereocenters. The lowest BCUT2D eigenvalue weighted by Crippen LogP contribution is -2.45. The highest BCUT2D eigenvalue weighted by Crippen LogP contribution is 2.68. The maximum atomic E-state index is 15.7. The summed E-state index contributed by atoms with van der Waals surface area (Å²) in [7, 11) is -8.99. The molecule has 0 bridgehead atoms. The monoisotopic (exact) mass is 1170 g/mol. The first kappa shape index (κ1) is 57.4. The fraction of sp³-hybridized carbons (Fsp3) is 0.438. The number of carboxylic acid groups (broad SMARTS) is 2. The van der Waals surface area contributed by atoms with E-state index in [4.69, 9.17) is 11.6 Å². The molecule has 0 aliphatic heterocycles. The van der Waals surface area contributed by atoms with Crippen molar-refractivity contribution in [3.63, 3.8) is 0 Å². The van der Waals surface area contributed by atoms with Crippen molar-refractivity contribution < 1.29 is 90.1 Å². The van der Waals surface area contributed by atoms with Crippen LogP contribution in [0.15, 0.2) is 42.5 Å². The Balaban J connectivity index is 1.36. The highest BCUT2D eigenvalue weighted by molar-refractivity contribution is 7.93. The van der Waals surface area contributed by atoms with Crippen LogP contribution in [0.25, 0.3) is 22.0 Å². The average molecular weight is 1170 g/mol. The number of fused-ring (bicyclic) bond motifs is 4. The van der Waals surface area contributed by atoms with Gasteiger partial charge >= 0.3 is 24.3 Å². The summed E-state index contributed by atoms with van der Waals surface area (Å²) < 4.78 is 199. The summed E-state index contributed by atoms with van der Waals surface area (Å²) in [5.41, 5.74) is -6.42. The van der Waals surface area contributed by atoms with E-state index in [0.29, 0.717) is 12.3 Å². The lowest BCUT2D eigenvalue weighted by molar-refractivity contribution is -0.150. The zero-order valence-corrected chi connectivity index (χ0v) is 43.2. The molecule has 3 aliphatic rings. The molecule has 3 aromatic heterocycles. The number of alkyl halides is 8. The highest BCUT2D eigenvalue weighted by atomic mass is 35.5. The molecule has 3 heterocycles. The van der Waals surface area contributed by atoms with E-state index >= 15 is 8.78 Å². The number of carboxylic acids is 2. The molecular formula is C48H42ClF10N7O10S2. The van der Waals surface area contributed by atoms with Crippen molar-refractivity contribution in [2.45, 2.75) is 94.0 Å². The number of pyridine rings is 1. The third-order valence-corrected chi connectivity index (χ3v) is 17.1. The number of sulfone groups is 1. The minimum atomic E-state index is -5.26. The van der Waals surface area contributed by atoms with Crippen molar-refractivity contribution in [1.82, 2.24) is 29.9 Å². The van der Waals surface area contributed by atoms with Gasteiger partial charge in [-0.15, -0.1) is 0 Å². The fourth-order valence-corrected chi connectivity index (χ4v) is 11.3. The molecule has 5 aromatic rings. The molecule has 0 saturated heterocycles. The third-order valence-electron chi connectivity index (χ3n) is 13.8. The molecular weight excluding hydrogens is 1120 g/mol. The SMILES string of the molecule is CC(C)(C#Cc1ccc(-c2ccc(Cl)c3c(N(C(=O)[C@@H]4C[C@H](C(=O)O)C[C@H](C(=O)O)C4)S(C)(=O)=O)nn(CC(F)(F)F)c23)c([C@H](Cc2cc(F)cc(F)c2)NC(=O)Cn2nc(C(F)(F)F)c3c2C(F)(F)[C@@H]2C[C@H]32)n1)S(C)(=O)=O. The van der Waals surface area contributed by atoms with Crippen molar-refractivity contribution in [2.24, 2.45) is 23.7 Å². The number of aromatic nitrogens is 5. The topological polar surface area (TPSA) is 241 Å². The number of carbonyl (C=O) groups is 4. The van der Waals surface area contributed by atoms with Gasteiger partial charge in [-0.2, -0.15) is 49.6 Å². The molecule has 78 heavy (non-hydrogen) atoms. The summed E-state index contributed by atoms with van der Waals surface area (Å²) in [6, 6.07) is 4.38. The van der Waals surface area contributed by atoms with Crippen LogP contribution >= 0.6 is 11.6 Å². The van der Waals surface area contributed by atoms with Gasteiger partial charge in [0.2, 0.25) is 21.8 Å². The number of anilines is 1. The lowest BCUT2D eigenvalue weighted by atomic mass is 9.74. The van der Waals surface area contributed by atoms with Crippen LogP contribution in [0, 0.1) is 47.1 Å². The zero-order chi connectivity index (χ0) is 57.7. The minimum absolute atomic E-state index is 0.0438. The van der Waals surface area contributed by atoms with Gasteiger partial charge in [0, 0.05) is 40.8 Å². The largest absolute Gasteiger partial charge is 0.481 e. The molecule has 418 valence electrons. The second kappa shape index (κ2) is 19.8. The smallest absolute Gasteiger partial charge is 0.435 e. The number of benzene rings is 2. The van der Waals surface area contributed by atoms with Gasteiger partial charge in [-0.25, -0.2) is 30.6 Å². The Kier molecular flexibility index (Phi) is 14.6. The Morgan fingerprint density at radius 2 is 1.45 bits per heavy atom. The summed E-state index contributed by atoms with van der Waals surface area (Å²) in [4.78, 5) is 57.5. The maximum Gasteiger partial charge on any atom is 0.435 e. The summed E-state index contributed by atoms with van der Waals surface area (Å²) in [6.45, 7) is -1.01. The number of aliphatic carboxylic acids is 2. The molecule has 0 radical (unpaired) electrons. The van der Waals surface area contributed by atoms with Crippen molar-refractivity contribution in [3.8, 4) is 23.0 Å². The van der Waals surface area contributed by atoms with Crippen molar-refractivity contribution in [1.29, 1.82) is 0 Å². The number of hydrogen-bond donors (Lipinski definition) is 3. The van der Waals surface area contributed by atoms with Crippen LogP contribution in [0.1, 0.15) is 85.4 Å². The van der Waals surface area contributed by atoms with Gasteiger partial charge in [-0.05, 0) is 93.7 Å². The quantitative estimate of drug-likeness (QED) is 0.0712. The van der Waals surface area contributed by atoms with E-state index in [1.54, 1.807) is 0 Å². The predicted octanol–water partition coefficient (Wildman–Crippen LogP) is 7.79. The van der Waals surface area contributed by atoms with Crippen LogP contribution in [-0.2, 0) is 70.6 Å². The number of nitrogens with zero attached hydrogens (tertiary/aromatic N) is 6. The second-order valence-electron chi connectivity index (χ2n) is 19.9. The van der Waals surface area contributed by atoms with Crippen LogP contribution < -0.4 is 9.62 Å². The second-order valence-corrected chi connectivity index (χ2v) is 24.7. The fourth-order valence-electron chi connectivity index (χ4n) is 9.91. The molecule has 2 amide bonds. The predicted molar refractivity (Wildman–Crippen MR) is 255 cm³/mol. The lowest BCUT2D eigenvalue weighted by Gasteiger charge is -2.32. The van der Waals surface area contributed by atoms with Crippen LogP contribution in [0.4, 0.5) is 49.7 Å². The minimum Gasteiger partial charge on any atom is -0.481 e. The van der Waals surface area contributed by atoms with E-state index in [1.807, 2.05) is 0 Å². The van der Waals surface area contributed by atoms with E-state index in [9.17, 15) is 81.4 Å². The van der Waals surface area contributed by atoms with E-state index in [1.165, 1.54) is 13.8 Å². The van der Waals surface area contributed by atoms with Gasteiger partial charge in [-0.1, -0.05) is 23.6 Å². The summed E-state index contributed by atoms with van der Waals surface area (Å²) >= 11 is 6.69. The molecule has 2 fully saturated rings. The normalized spacial score (nSPS) is 20.5. The molecule has 2 aromatic carbocycles. The molecule has 3 aliphatic carbocycles. The van der Waals surface area contributed by atoms with Crippen LogP contribution in [0.2, 0.25) is 5.02 Å². The first-order valence-corrected chi connectivity index (χ1v) is 27.3. The Labute approximate surface area is 440 Å². The molecule has 30 heteroatoms. The van der Waals surface area contributed by atoms with Gasteiger partial charge in [0.25, 0.3) is 5.92 Å². The first-order valence-electron chi connectivity index (χ1n) is 23.2. The van der Waals surface area contributed by atoms with E-state index in [2.05, 4.69) is 32.3 Å². The third kappa shape index (κ3) is 11.2. The first-order chi connectivity index (χ1) is 35.9. The summed E-state index contributed by atoms with van der Waals surface area (Å²) in [6.07, 6.45) is -11.9. The Bertz CT molecular complexity index is 3610. The van der Waals surface area contributed by atoms with Crippen molar-refractivity contribution in [2.75, 3.05) is 16.8 Å². The van der Waals surface area contributed by atoms with Gasteiger partial charge in [0.1, 0.15) is 40.9 Å². The van der Waals surface area contributed by atoms with Crippen LogP contribution in [0.3, 0.4) is 0 Å². The maximum absolute atomic E-state index is 15.7. The molecule has 0 spiro atoms. The molecule has 3 N–H and O–H groups in total. The van der Waals surface area contributed by atoms with Crippen LogP contribution in [0.5, 0.6) is 0 Å². The van der Waals surface area contributed by atoms with Gasteiger partial charge in [0.15, 0.2) is 21.3 Å². The van der Waals surface area contributed by atoms with E-state index in [-0.39, 0.29) is 36.9 Å². The van der Waals surface area contributed by atoms with Gasteiger partial charge in [0.05, 0.1) is 45.8 Å². The molecule has 8 rings (SSSR count). The number of nitrogens with one attached hydrogen (secondary N) is 1. The Morgan fingerprint density at radius 1 is 0.859 bits per heavy atom. The standard InChI is InChI=1S/C48H42ClF10N7O10S2/c1-45(2,77(3,73)74)10-9-27-5-6-28(37(60-27)33(13-21-11-25(50)17-26(51)12-21)61-34(67)19-64-40-35(39(62-64)48(57,58)59)30-18-31(30)47(40,55)56)29-7-8-32(49)36-38(29)65(20-46(52,53)54)63-41(36)66(78(4,75)76)42(68)22-14-23(43(69)70)16-24(15-22)44(71)72/h5-8,11-12,17,22-24,30-31,33H,13-16,18-20H2,1-4H3,(H,61,67)(H,69,70)(H,71,72)/t22-,23+,24-,30-,31+,33-/m0/s1. The van der Waals surface area contributed by atoms with E-state index in [0.717, 1.165) is 42.7 Å². The summed E-state index contributed by atoms with van der Waals surface area (Å²) in [5.74, 6) is -15.7. The van der Waals surface area contributed by atoms with Gasteiger partial charge < -0.3 is 15.5 Å². The number of rotatable bonds is 14. The Hall–Kier alpha value is -6.80. The number of hydrogen-bond acceptors (Lipinski definition) is 11. The zero-order valence-electron chi connectivity index (χ0n) is 40.8. The van der Waals surface area contributed by atoms with Crippen molar-refractivity contribution >= 4 is 71.9 Å². The number of carbonyl (C=O) groups excluding carboxylic acids is 2. The Morgan fingerprint density at radius 3 is 2.00 bits per heavy atom. The summed E-state index contributed by atoms with van der Waals surface area (Å²) in [5, 5.41) is 28.1. The van der Waals surface area contributed by atoms with Gasteiger partial charge in [-0.3, -0.25) is 28.5 Å². The average Bonchev–Trinajstić information content (AvgIpc) is 3.84. The number of halogens is 11. The van der Waals surface area contributed by atoms with Crippen LogP contribution in [-0.4, -0.2) is 98.8 Å². The number of amides is 2. The number of sulfonamides is 1. The molecule has 6 atom stereocenters.